The van der Waals surface area contributed by atoms with E-state index in [1.807, 2.05) is 0 Å². The molecule has 3 saturated heterocycles. The molecule has 0 spiro atoms. The molecule has 0 amide bonds. The molecule has 3 aliphatic heterocycles. The molecule has 0 aromatic heterocycles. The zero-order chi connectivity index (χ0) is 17.3. The highest BCUT2D eigenvalue weighted by molar-refractivity contribution is 7.80. The van der Waals surface area contributed by atoms with Gasteiger partial charge in [-0.25, -0.2) is 0 Å². The Kier molecular flexibility index (Phi) is 8.24. The van der Waals surface area contributed by atoms with E-state index in [1.54, 1.807) is 0 Å². The van der Waals surface area contributed by atoms with Crippen molar-refractivity contribution in [2.75, 3.05) is 65.6 Å². The largest absolute Gasteiger partial charge is 0.379 e. The molecule has 0 aromatic carbocycles. The Bertz CT molecular complexity index is 397. The van der Waals surface area contributed by atoms with Gasteiger partial charge in [0.25, 0.3) is 0 Å². The van der Waals surface area contributed by atoms with Gasteiger partial charge in [-0.05, 0) is 76.8 Å². The molecule has 0 saturated carbocycles. The van der Waals surface area contributed by atoms with Crippen molar-refractivity contribution in [2.45, 2.75) is 51.0 Å². The number of rotatable bonds is 7. The summed E-state index contributed by atoms with van der Waals surface area (Å²) in [6.45, 7) is 11.1. The fourth-order valence-electron chi connectivity index (χ4n) is 4.33. The normalized spacial score (nSPS) is 26.1. The summed E-state index contributed by atoms with van der Waals surface area (Å²) < 4.78 is 5.41. The topological polar surface area (TPSA) is 31.0 Å². The second kappa shape index (κ2) is 10.7. The quantitative estimate of drug-likeness (QED) is 0.546. The summed E-state index contributed by atoms with van der Waals surface area (Å²) in [5.41, 5.74) is 0. The van der Waals surface area contributed by atoms with Crippen LogP contribution >= 0.6 is 12.2 Å². The Hall–Kier alpha value is -0.430. The lowest BCUT2D eigenvalue weighted by atomic mass is 9.99. The number of ether oxygens (including phenoxy) is 1. The summed E-state index contributed by atoms with van der Waals surface area (Å²) in [5, 5.41) is 4.53. The van der Waals surface area contributed by atoms with Gasteiger partial charge in [0.15, 0.2) is 5.11 Å². The van der Waals surface area contributed by atoms with Crippen LogP contribution in [0.5, 0.6) is 0 Å². The van der Waals surface area contributed by atoms with Crippen LogP contribution in [0.15, 0.2) is 0 Å². The van der Waals surface area contributed by atoms with Crippen molar-refractivity contribution in [3.63, 3.8) is 0 Å². The third kappa shape index (κ3) is 6.35. The van der Waals surface area contributed by atoms with E-state index in [0.717, 1.165) is 57.5 Å². The molecule has 0 aromatic rings. The first-order chi connectivity index (χ1) is 12.3. The monoisotopic (exact) mass is 368 g/mol. The minimum Gasteiger partial charge on any atom is -0.379 e. The number of hydrogen-bond acceptors (Lipinski definition) is 4. The van der Waals surface area contributed by atoms with Crippen LogP contribution in [0.4, 0.5) is 0 Å². The fourth-order valence-corrected chi connectivity index (χ4v) is 4.67. The van der Waals surface area contributed by atoms with E-state index >= 15 is 0 Å². The van der Waals surface area contributed by atoms with E-state index in [-0.39, 0.29) is 0 Å². The Morgan fingerprint density at radius 1 is 0.920 bits per heavy atom. The molecule has 0 radical (unpaired) electrons. The van der Waals surface area contributed by atoms with Crippen LogP contribution in [0.3, 0.4) is 0 Å². The predicted octanol–water partition coefficient (Wildman–Crippen LogP) is 1.92. The van der Waals surface area contributed by atoms with E-state index in [1.165, 1.54) is 58.2 Å². The number of morpholine rings is 1. The first-order valence-corrected chi connectivity index (χ1v) is 10.8. The van der Waals surface area contributed by atoms with Gasteiger partial charge < -0.3 is 19.9 Å². The van der Waals surface area contributed by atoms with Crippen LogP contribution in [0, 0.1) is 0 Å². The third-order valence-corrected chi connectivity index (χ3v) is 6.28. The number of nitrogens with zero attached hydrogens (tertiary/aromatic N) is 3. The van der Waals surface area contributed by atoms with Gasteiger partial charge in [-0.15, -0.1) is 0 Å². The summed E-state index contributed by atoms with van der Waals surface area (Å²) in [7, 11) is 0. The van der Waals surface area contributed by atoms with E-state index < -0.39 is 0 Å². The first-order valence-electron chi connectivity index (χ1n) is 10.4. The molecule has 5 nitrogen and oxygen atoms in total. The first kappa shape index (κ1) is 19.3. The molecule has 3 heterocycles. The van der Waals surface area contributed by atoms with Gasteiger partial charge >= 0.3 is 0 Å². The molecule has 1 N–H and O–H groups in total. The number of hydrogen-bond donors (Lipinski definition) is 1. The van der Waals surface area contributed by atoms with Crippen LogP contribution in [-0.2, 0) is 4.74 Å². The lowest BCUT2D eigenvalue weighted by Gasteiger charge is -2.38. The van der Waals surface area contributed by atoms with E-state index in [0.29, 0.717) is 6.04 Å². The van der Waals surface area contributed by atoms with Crippen molar-refractivity contribution >= 4 is 17.3 Å². The molecule has 144 valence electrons. The Morgan fingerprint density at radius 3 is 2.44 bits per heavy atom. The highest BCUT2D eigenvalue weighted by atomic mass is 32.1. The second-order valence-electron chi connectivity index (χ2n) is 7.72. The number of piperidine rings is 1. The molecule has 0 aliphatic carbocycles. The second-order valence-corrected chi connectivity index (χ2v) is 8.11. The molecule has 1 atom stereocenters. The molecule has 3 aliphatic rings. The molecular formula is C19H36N4OS. The van der Waals surface area contributed by atoms with Crippen molar-refractivity contribution in [1.82, 2.24) is 20.0 Å². The van der Waals surface area contributed by atoms with Crippen molar-refractivity contribution in [3.05, 3.63) is 0 Å². The van der Waals surface area contributed by atoms with Crippen molar-refractivity contribution in [1.29, 1.82) is 0 Å². The molecule has 6 heteroatoms. The van der Waals surface area contributed by atoms with Crippen molar-refractivity contribution in [3.8, 4) is 0 Å². The summed E-state index contributed by atoms with van der Waals surface area (Å²) in [6, 6.07) is 0.647. The lowest BCUT2D eigenvalue weighted by molar-refractivity contribution is 0.0375. The minimum absolute atomic E-state index is 0.647. The molecular weight excluding hydrogens is 332 g/mol. The zero-order valence-corrected chi connectivity index (χ0v) is 16.6. The van der Waals surface area contributed by atoms with Crippen LogP contribution in [0.2, 0.25) is 0 Å². The smallest absolute Gasteiger partial charge is 0.169 e. The summed E-state index contributed by atoms with van der Waals surface area (Å²) >= 11 is 5.74. The highest BCUT2D eigenvalue weighted by Crippen LogP contribution is 2.21. The molecule has 3 rings (SSSR count). The predicted molar refractivity (Wildman–Crippen MR) is 107 cm³/mol. The highest BCUT2D eigenvalue weighted by Gasteiger charge is 2.25. The molecule has 25 heavy (non-hydrogen) atoms. The number of likely N-dealkylation sites (tertiary alicyclic amines) is 2. The summed E-state index contributed by atoms with van der Waals surface area (Å²) in [6.07, 6.45) is 9.16. The SMILES string of the molecule is S=C(NCCCN1CCOCC1)N1CCCC[C@@H]1CCN1CCCC1. The molecule has 0 unspecified atom stereocenters. The van der Waals surface area contributed by atoms with Gasteiger partial charge in [-0.1, -0.05) is 0 Å². The van der Waals surface area contributed by atoms with Crippen LogP contribution in [-0.4, -0.2) is 91.4 Å². The fraction of sp³-hybridized carbons (Fsp3) is 0.947. The Morgan fingerprint density at radius 2 is 1.64 bits per heavy atom. The zero-order valence-electron chi connectivity index (χ0n) is 15.8. The van der Waals surface area contributed by atoms with Crippen LogP contribution < -0.4 is 5.32 Å². The van der Waals surface area contributed by atoms with Crippen molar-refractivity contribution in [2.24, 2.45) is 0 Å². The maximum atomic E-state index is 5.74. The molecule has 3 fully saturated rings. The Balaban J connectivity index is 1.34. The third-order valence-electron chi connectivity index (χ3n) is 5.90. The van der Waals surface area contributed by atoms with Crippen LogP contribution in [0.1, 0.15) is 44.9 Å². The number of nitrogens with one attached hydrogen (secondary N) is 1. The minimum atomic E-state index is 0.647. The van der Waals surface area contributed by atoms with Crippen molar-refractivity contribution < 1.29 is 4.74 Å². The van der Waals surface area contributed by atoms with Gasteiger partial charge in [0.2, 0.25) is 0 Å². The van der Waals surface area contributed by atoms with Gasteiger partial charge in [0, 0.05) is 38.8 Å². The number of thiocarbonyl (C=S) groups is 1. The van der Waals surface area contributed by atoms with Gasteiger partial charge in [0.05, 0.1) is 13.2 Å². The maximum absolute atomic E-state index is 5.74. The average Bonchev–Trinajstić information content (AvgIpc) is 3.18. The van der Waals surface area contributed by atoms with E-state index in [9.17, 15) is 0 Å². The maximum Gasteiger partial charge on any atom is 0.169 e. The Labute approximate surface area is 159 Å². The van der Waals surface area contributed by atoms with E-state index in [2.05, 4.69) is 20.0 Å². The van der Waals surface area contributed by atoms with Gasteiger partial charge in [-0.3, -0.25) is 4.90 Å². The van der Waals surface area contributed by atoms with Gasteiger partial charge in [-0.2, -0.15) is 0 Å². The molecule has 0 bridgehead atoms. The average molecular weight is 369 g/mol. The summed E-state index contributed by atoms with van der Waals surface area (Å²) in [5.74, 6) is 0. The van der Waals surface area contributed by atoms with E-state index in [4.69, 9.17) is 17.0 Å². The summed E-state index contributed by atoms with van der Waals surface area (Å²) in [4.78, 5) is 7.61. The van der Waals surface area contributed by atoms with Crippen LogP contribution in [0.25, 0.3) is 0 Å². The standard InChI is InChI=1S/C19H36N4OS/c25-19(20-8-5-11-22-14-16-24-17-15-22)23-12-2-1-6-18(23)7-13-21-9-3-4-10-21/h18H,1-17H2,(H,20,25)/t18-/m1/s1. The van der Waals surface area contributed by atoms with Gasteiger partial charge in [0.1, 0.15) is 0 Å². The lowest BCUT2D eigenvalue weighted by Crippen LogP contribution is -2.49.